The van der Waals surface area contributed by atoms with Crippen LogP contribution in [0, 0.1) is 0 Å². The third-order valence-electron chi connectivity index (χ3n) is 3.04. The Bertz CT molecular complexity index is 364. The molecule has 0 amide bonds. The third-order valence-corrected chi connectivity index (χ3v) is 3.57. The summed E-state index contributed by atoms with van der Waals surface area (Å²) >= 11 is 11.8. The molecule has 4 heteroatoms. The van der Waals surface area contributed by atoms with Gasteiger partial charge in [0.1, 0.15) is 12.4 Å². The summed E-state index contributed by atoms with van der Waals surface area (Å²) in [5, 5.41) is 4.69. The highest BCUT2D eigenvalue weighted by Gasteiger charge is 2.13. The Labute approximate surface area is 112 Å². The Hall–Kier alpha value is -0.440. The van der Waals surface area contributed by atoms with Crippen LogP contribution >= 0.6 is 23.2 Å². The maximum Gasteiger partial charge on any atom is 0.138 e. The summed E-state index contributed by atoms with van der Waals surface area (Å²) in [6, 6.07) is 5.97. The second-order valence-electron chi connectivity index (χ2n) is 4.36. The Balaban J connectivity index is 1.70. The molecule has 0 aromatic heterocycles. The molecule has 0 heterocycles. The third kappa shape index (κ3) is 4.06. The van der Waals surface area contributed by atoms with Crippen molar-refractivity contribution in [2.45, 2.75) is 31.7 Å². The molecule has 1 saturated carbocycles. The van der Waals surface area contributed by atoms with E-state index in [2.05, 4.69) is 5.32 Å². The molecule has 1 aliphatic rings. The van der Waals surface area contributed by atoms with Crippen LogP contribution in [0.25, 0.3) is 0 Å². The molecule has 1 aromatic rings. The first kappa shape index (κ1) is 13.0. The zero-order chi connectivity index (χ0) is 12.1. The summed E-state index contributed by atoms with van der Waals surface area (Å²) in [5.41, 5.74) is 0. The normalized spacial score (nSPS) is 16.4. The lowest BCUT2D eigenvalue weighted by atomic mass is 10.2. The van der Waals surface area contributed by atoms with Gasteiger partial charge in [0.25, 0.3) is 0 Å². The highest BCUT2D eigenvalue weighted by Crippen LogP contribution is 2.27. The largest absolute Gasteiger partial charge is 0.491 e. The van der Waals surface area contributed by atoms with Gasteiger partial charge in [-0.2, -0.15) is 0 Å². The molecule has 1 aromatic carbocycles. The van der Waals surface area contributed by atoms with Gasteiger partial charge in [-0.15, -0.1) is 0 Å². The van der Waals surface area contributed by atoms with Gasteiger partial charge in [0, 0.05) is 17.6 Å². The molecule has 1 aliphatic carbocycles. The van der Waals surface area contributed by atoms with Crippen LogP contribution in [0.1, 0.15) is 25.7 Å². The SMILES string of the molecule is Clc1ccc(OCCNC2CCCC2)c(Cl)c1. The van der Waals surface area contributed by atoms with Gasteiger partial charge in [-0.25, -0.2) is 0 Å². The van der Waals surface area contributed by atoms with Gasteiger partial charge in [0.15, 0.2) is 0 Å². The molecule has 2 nitrogen and oxygen atoms in total. The van der Waals surface area contributed by atoms with Crippen LogP contribution in [0.4, 0.5) is 0 Å². The molecule has 0 radical (unpaired) electrons. The van der Waals surface area contributed by atoms with E-state index in [9.17, 15) is 0 Å². The van der Waals surface area contributed by atoms with Crippen molar-refractivity contribution in [2.24, 2.45) is 0 Å². The van der Waals surface area contributed by atoms with Crippen molar-refractivity contribution >= 4 is 23.2 Å². The number of ether oxygens (including phenoxy) is 1. The molecule has 0 atom stereocenters. The Kier molecular flexibility index (Phi) is 4.96. The van der Waals surface area contributed by atoms with Crippen molar-refractivity contribution in [3.05, 3.63) is 28.2 Å². The Morgan fingerprint density at radius 2 is 2.00 bits per heavy atom. The minimum atomic E-state index is 0.568. The van der Waals surface area contributed by atoms with Gasteiger partial charge in [0.2, 0.25) is 0 Å². The zero-order valence-electron chi connectivity index (χ0n) is 9.72. The van der Waals surface area contributed by atoms with E-state index in [1.54, 1.807) is 18.2 Å². The number of rotatable bonds is 5. The number of benzene rings is 1. The first-order chi connectivity index (χ1) is 8.25. The number of nitrogens with one attached hydrogen (secondary N) is 1. The van der Waals surface area contributed by atoms with Crippen LogP contribution in [-0.2, 0) is 0 Å². The van der Waals surface area contributed by atoms with Crippen LogP contribution in [-0.4, -0.2) is 19.2 Å². The van der Waals surface area contributed by atoms with E-state index in [0.29, 0.717) is 28.4 Å². The topological polar surface area (TPSA) is 21.3 Å². The minimum absolute atomic E-state index is 0.568. The van der Waals surface area contributed by atoms with Crippen LogP contribution in [0.5, 0.6) is 5.75 Å². The Morgan fingerprint density at radius 3 is 2.71 bits per heavy atom. The van der Waals surface area contributed by atoms with Crippen LogP contribution in [0.2, 0.25) is 10.0 Å². The van der Waals surface area contributed by atoms with Gasteiger partial charge in [-0.1, -0.05) is 36.0 Å². The molecule has 1 fully saturated rings. The van der Waals surface area contributed by atoms with Crippen molar-refractivity contribution < 1.29 is 4.74 Å². The summed E-state index contributed by atoms with van der Waals surface area (Å²) in [5.74, 6) is 0.698. The average Bonchev–Trinajstić information content (AvgIpc) is 2.79. The van der Waals surface area contributed by atoms with Crippen molar-refractivity contribution in [3.8, 4) is 5.75 Å². The summed E-state index contributed by atoms with van der Waals surface area (Å²) in [7, 11) is 0. The van der Waals surface area contributed by atoms with E-state index in [0.717, 1.165) is 6.54 Å². The number of hydrogen-bond donors (Lipinski definition) is 1. The first-order valence-corrected chi connectivity index (χ1v) is 6.82. The van der Waals surface area contributed by atoms with Crippen LogP contribution in [0.3, 0.4) is 0 Å². The Morgan fingerprint density at radius 1 is 1.24 bits per heavy atom. The summed E-state index contributed by atoms with van der Waals surface area (Å²) < 4.78 is 5.60. The number of hydrogen-bond acceptors (Lipinski definition) is 2. The smallest absolute Gasteiger partial charge is 0.138 e. The molecule has 2 rings (SSSR count). The predicted octanol–water partition coefficient (Wildman–Crippen LogP) is 3.90. The summed E-state index contributed by atoms with van der Waals surface area (Å²) in [6.45, 7) is 1.50. The molecule has 0 spiro atoms. The second-order valence-corrected chi connectivity index (χ2v) is 5.20. The second kappa shape index (κ2) is 6.48. The fourth-order valence-corrected chi connectivity index (χ4v) is 2.61. The van der Waals surface area contributed by atoms with E-state index >= 15 is 0 Å². The van der Waals surface area contributed by atoms with E-state index in [1.165, 1.54) is 25.7 Å². The van der Waals surface area contributed by atoms with Crippen molar-refractivity contribution in [2.75, 3.05) is 13.2 Å². The van der Waals surface area contributed by atoms with Gasteiger partial charge >= 0.3 is 0 Å². The fourth-order valence-electron chi connectivity index (χ4n) is 2.15. The molecule has 0 aliphatic heterocycles. The lowest BCUT2D eigenvalue weighted by molar-refractivity contribution is 0.305. The van der Waals surface area contributed by atoms with E-state index in [1.807, 2.05) is 0 Å². The molecular weight excluding hydrogens is 257 g/mol. The van der Waals surface area contributed by atoms with E-state index in [4.69, 9.17) is 27.9 Å². The first-order valence-electron chi connectivity index (χ1n) is 6.07. The van der Waals surface area contributed by atoms with Crippen molar-refractivity contribution in [3.63, 3.8) is 0 Å². The summed E-state index contributed by atoms with van der Waals surface area (Å²) in [6.07, 6.45) is 5.28. The maximum absolute atomic E-state index is 6.01. The van der Waals surface area contributed by atoms with Crippen molar-refractivity contribution in [1.29, 1.82) is 0 Å². The van der Waals surface area contributed by atoms with Gasteiger partial charge in [-0.3, -0.25) is 0 Å². The molecule has 17 heavy (non-hydrogen) atoms. The quantitative estimate of drug-likeness (QED) is 0.822. The standard InChI is InChI=1S/C13H17Cl2NO/c14-10-5-6-13(12(15)9-10)17-8-7-16-11-3-1-2-4-11/h5-6,9,11,16H,1-4,7-8H2. The van der Waals surface area contributed by atoms with E-state index < -0.39 is 0 Å². The molecule has 94 valence electrons. The van der Waals surface area contributed by atoms with E-state index in [-0.39, 0.29) is 0 Å². The lowest BCUT2D eigenvalue weighted by Crippen LogP contribution is -2.30. The van der Waals surface area contributed by atoms with Gasteiger partial charge in [-0.05, 0) is 31.0 Å². The highest BCUT2D eigenvalue weighted by atomic mass is 35.5. The maximum atomic E-state index is 6.01. The van der Waals surface area contributed by atoms with Crippen LogP contribution < -0.4 is 10.1 Å². The highest BCUT2D eigenvalue weighted by molar-refractivity contribution is 6.35. The molecule has 0 bridgehead atoms. The minimum Gasteiger partial charge on any atom is -0.491 e. The molecular formula is C13H17Cl2NO. The van der Waals surface area contributed by atoms with Crippen LogP contribution in [0.15, 0.2) is 18.2 Å². The van der Waals surface area contributed by atoms with Gasteiger partial charge < -0.3 is 10.1 Å². The molecule has 0 unspecified atom stereocenters. The predicted molar refractivity (Wildman–Crippen MR) is 72.2 cm³/mol. The molecule has 1 N–H and O–H groups in total. The number of halogens is 2. The lowest BCUT2D eigenvalue weighted by Gasteiger charge is -2.13. The van der Waals surface area contributed by atoms with Gasteiger partial charge in [0.05, 0.1) is 5.02 Å². The molecule has 0 saturated heterocycles. The fraction of sp³-hybridized carbons (Fsp3) is 0.538. The average molecular weight is 274 g/mol. The van der Waals surface area contributed by atoms with Crippen molar-refractivity contribution in [1.82, 2.24) is 5.32 Å². The zero-order valence-corrected chi connectivity index (χ0v) is 11.2. The summed E-state index contributed by atoms with van der Waals surface area (Å²) in [4.78, 5) is 0. The monoisotopic (exact) mass is 273 g/mol.